The number of rotatable bonds is 2. The zero-order valence-electron chi connectivity index (χ0n) is 8.70. The summed E-state index contributed by atoms with van der Waals surface area (Å²) >= 11 is 0. The first kappa shape index (κ1) is 11.8. The van der Waals surface area contributed by atoms with Gasteiger partial charge in [-0.05, 0) is 17.7 Å². The van der Waals surface area contributed by atoms with Gasteiger partial charge in [0.2, 0.25) is 0 Å². The van der Waals surface area contributed by atoms with Crippen molar-refractivity contribution in [2.24, 2.45) is 5.84 Å². The number of nitrogens with two attached hydrogens (primary N) is 1. The van der Waals surface area contributed by atoms with Crippen molar-refractivity contribution < 1.29 is 13.2 Å². The van der Waals surface area contributed by atoms with Crippen LogP contribution < -0.4 is 11.3 Å². The zero-order valence-corrected chi connectivity index (χ0v) is 8.70. The van der Waals surface area contributed by atoms with Gasteiger partial charge in [0.25, 0.3) is 0 Å². The van der Waals surface area contributed by atoms with Gasteiger partial charge in [0, 0.05) is 11.6 Å². The van der Waals surface area contributed by atoms with E-state index in [1.165, 1.54) is 18.3 Å². The number of aromatic nitrogens is 1. The molecule has 1 aromatic heterocycles. The van der Waals surface area contributed by atoms with Crippen LogP contribution in [-0.2, 0) is 0 Å². The molecule has 0 fully saturated rings. The van der Waals surface area contributed by atoms with Crippen molar-refractivity contribution in [2.75, 3.05) is 0 Å². The highest BCUT2D eigenvalue weighted by molar-refractivity contribution is 5.82. The van der Waals surface area contributed by atoms with Crippen LogP contribution in [0.25, 0.3) is 10.9 Å². The molecule has 0 aliphatic heterocycles. The normalized spacial score (nSPS) is 13.9. The molecule has 6 heteroatoms. The molecule has 17 heavy (non-hydrogen) atoms. The van der Waals surface area contributed by atoms with Gasteiger partial charge in [-0.2, -0.15) is 13.2 Å². The van der Waals surface area contributed by atoms with Crippen LogP contribution in [0.2, 0.25) is 0 Å². The minimum Gasteiger partial charge on any atom is -0.271 e. The lowest BCUT2D eigenvalue weighted by Gasteiger charge is -2.20. The van der Waals surface area contributed by atoms with Crippen molar-refractivity contribution in [1.82, 2.24) is 10.4 Å². The van der Waals surface area contributed by atoms with Crippen molar-refractivity contribution in [1.29, 1.82) is 0 Å². The fourth-order valence-corrected chi connectivity index (χ4v) is 1.74. The van der Waals surface area contributed by atoms with Gasteiger partial charge in [-0.1, -0.05) is 18.2 Å². The second-order valence-corrected chi connectivity index (χ2v) is 3.56. The summed E-state index contributed by atoms with van der Waals surface area (Å²) in [5, 5.41) is 0.440. The maximum Gasteiger partial charge on any atom is 0.409 e. The molecule has 0 saturated heterocycles. The lowest BCUT2D eigenvalue weighted by molar-refractivity contribution is -0.157. The Morgan fingerprint density at radius 1 is 1.18 bits per heavy atom. The number of fused-ring (bicyclic) bond motifs is 1. The van der Waals surface area contributed by atoms with Gasteiger partial charge < -0.3 is 0 Å². The first-order valence-electron chi connectivity index (χ1n) is 4.90. The van der Waals surface area contributed by atoms with E-state index < -0.39 is 12.2 Å². The number of alkyl halides is 3. The molecule has 3 N–H and O–H groups in total. The third-order valence-electron chi connectivity index (χ3n) is 2.48. The van der Waals surface area contributed by atoms with Crippen molar-refractivity contribution in [2.45, 2.75) is 12.2 Å². The Morgan fingerprint density at radius 3 is 2.59 bits per heavy atom. The molecule has 1 atom stereocenters. The monoisotopic (exact) mass is 241 g/mol. The lowest BCUT2D eigenvalue weighted by Crippen LogP contribution is -2.38. The maximum atomic E-state index is 12.8. The second kappa shape index (κ2) is 4.31. The predicted octanol–water partition coefficient (Wildman–Crippen LogP) is 2.30. The molecule has 90 valence electrons. The van der Waals surface area contributed by atoms with Crippen LogP contribution in [0.3, 0.4) is 0 Å². The summed E-state index contributed by atoms with van der Waals surface area (Å²) in [7, 11) is 0. The number of hydrogen-bond acceptors (Lipinski definition) is 3. The van der Waals surface area contributed by atoms with E-state index in [0.29, 0.717) is 10.9 Å². The Hall–Kier alpha value is -1.66. The van der Waals surface area contributed by atoms with Gasteiger partial charge in [0.15, 0.2) is 0 Å². The fourth-order valence-electron chi connectivity index (χ4n) is 1.74. The summed E-state index contributed by atoms with van der Waals surface area (Å²) in [6.45, 7) is 0. The molecule has 0 amide bonds. The highest BCUT2D eigenvalue weighted by Gasteiger charge is 2.40. The highest BCUT2D eigenvalue weighted by atomic mass is 19.4. The molecule has 1 heterocycles. The molecule has 0 spiro atoms. The number of halogens is 3. The maximum absolute atomic E-state index is 12.8. The van der Waals surface area contributed by atoms with Crippen LogP contribution >= 0.6 is 0 Å². The summed E-state index contributed by atoms with van der Waals surface area (Å²) in [4.78, 5) is 4.00. The van der Waals surface area contributed by atoms with Gasteiger partial charge in [-0.25, -0.2) is 5.43 Å². The van der Waals surface area contributed by atoms with Gasteiger partial charge >= 0.3 is 6.18 Å². The van der Waals surface area contributed by atoms with Crippen LogP contribution in [0.15, 0.2) is 36.5 Å². The van der Waals surface area contributed by atoms with Gasteiger partial charge in [0.1, 0.15) is 6.04 Å². The molecule has 0 radical (unpaired) electrons. The summed E-state index contributed by atoms with van der Waals surface area (Å²) in [6.07, 6.45) is -2.91. The average Bonchev–Trinajstić information content (AvgIpc) is 2.28. The molecular formula is C11H10F3N3. The Morgan fingerprint density at radius 2 is 1.94 bits per heavy atom. The van der Waals surface area contributed by atoms with E-state index in [0.717, 1.165) is 0 Å². The molecule has 0 saturated carbocycles. The topological polar surface area (TPSA) is 50.9 Å². The molecule has 2 rings (SSSR count). The molecule has 0 aliphatic rings. The van der Waals surface area contributed by atoms with E-state index in [1.807, 2.05) is 0 Å². The van der Waals surface area contributed by atoms with Gasteiger partial charge in [-0.3, -0.25) is 10.8 Å². The molecule has 2 aromatic rings. The summed E-state index contributed by atoms with van der Waals surface area (Å²) in [5.41, 5.74) is 2.38. The van der Waals surface area contributed by atoms with Crippen LogP contribution in [-0.4, -0.2) is 11.2 Å². The van der Waals surface area contributed by atoms with E-state index >= 15 is 0 Å². The summed E-state index contributed by atoms with van der Waals surface area (Å²) < 4.78 is 38.3. The highest BCUT2D eigenvalue weighted by Crippen LogP contribution is 2.34. The van der Waals surface area contributed by atoms with E-state index in [2.05, 4.69) is 4.98 Å². The third kappa shape index (κ3) is 2.22. The fraction of sp³-hybridized carbons (Fsp3) is 0.182. The number of hydrazine groups is 1. The molecule has 1 aromatic carbocycles. The van der Waals surface area contributed by atoms with Gasteiger partial charge in [-0.15, -0.1) is 0 Å². The number of pyridine rings is 1. The molecule has 1 unspecified atom stereocenters. The van der Waals surface area contributed by atoms with E-state index in [-0.39, 0.29) is 5.56 Å². The van der Waals surface area contributed by atoms with Gasteiger partial charge in [0.05, 0.1) is 5.52 Å². The van der Waals surface area contributed by atoms with Crippen molar-refractivity contribution >= 4 is 10.9 Å². The van der Waals surface area contributed by atoms with E-state index in [4.69, 9.17) is 5.84 Å². The van der Waals surface area contributed by atoms with Crippen molar-refractivity contribution in [3.8, 4) is 0 Å². The molecule has 0 bridgehead atoms. The van der Waals surface area contributed by atoms with Crippen molar-refractivity contribution in [3.63, 3.8) is 0 Å². The quantitative estimate of drug-likeness (QED) is 0.626. The zero-order chi connectivity index (χ0) is 12.5. The largest absolute Gasteiger partial charge is 0.409 e. The number of nitrogens with one attached hydrogen (secondary N) is 1. The predicted molar refractivity (Wildman–Crippen MR) is 57.9 cm³/mol. The first-order valence-corrected chi connectivity index (χ1v) is 4.90. The number of nitrogens with zero attached hydrogens (tertiary/aromatic N) is 1. The Balaban J connectivity index is 2.62. The molecular weight excluding hydrogens is 231 g/mol. The van der Waals surface area contributed by atoms with Crippen LogP contribution in [0.5, 0.6) is 0 Å². The summed E-state index contributed by atoms with van der Waals surface area (Å²) in [6, 6.07) is 5.87. The Bertz CT molecular complexity index is 519. The van der Waals surface area contributed by atoms with Crippen LogP contribution in [0.1, 0.15) is 11.6 Å². The molecule has 3 nitrogen and oxygen atoms in total. The average molecular weight is 241 g/mol. The SMILES string of the molecule is NNC(c1cccc2ncccc12)C(F)(F)F. The number of hydrogen-bond donors (Lipinski definition) is 2. The smallest absolute Gasteiger partial charge is 0.271 e. The van der Waals surface area contributed by atoms with E-state index in [9.17, 15) is 13.2 Å². The Kier molecular flexibility index (Phi) is 2.99. The van der Waals surface area contributed by atoms with E-state index in [1.54, 1.807) is 23.6 Å². The number of benzene rings is 1. The summed E-state index contributed by atoms with van der Waals surface area (Å²) in [5.74, 6) is 4.99. The third-order valence-corrected chi connectivity index (χ3v) is 2.48. The Labute approximate surface area is 95.4 Å². The standard InChI is InChI=1S/C11H10F3N3/c12-11(13,14)10(17-15)8-3-1-5-9-7(8)4-2-6-16-9/h1-6,10,17H,15H2. The van der Waals surface area contributed by atoms with Crippen molar-refractivity contribution in [3.05, 3.63) is 42.1 Å². The first-order chi connectivity index (χ1) is 8.04. The minimum atomic E-state index is -4.45. The van der Waals surface area contributed by atoms with Crippen LogP contribution in [0, 0.1) is 0 Å². The second-order valence-electron chi connectivity index (χ2n) is 3.56. The lowest BCUT2D eigenvalue weighted by atomic mass is 10.0. The van der Waals surface area contributed by atoms with Crippen LogP contribution in [0.4, 0.5) is 13.2 Å². The molecule has 0 aliphatic carbocycles. The minimum absolute atomic E-state index is 0.0746.